The van der Waals surface area contributed by atoms with E-state index in [1.165, 1.54) is 18.4 Å². The van der Waals surface area contributed by atoms with Gasteiger partial charge in [-0.15, -0.1) is 5.10 Å². The minimum atomic E-state index is -0.300. The average molecular weight is 414 g/mol. The van der Waals surface area contributed by atoms with E-state index in [-0.39, 0.29) is 5.54 Å². The van der Waals surface area contributed by atoms with E-state index in [1.54, 1.807) is 15.4 Å². The van der Waals surface area contributed by atoms with E-state index in [2.05, 4.69) is 37.8 Å². The highest BCUT2D eigenvalue weighted by Gasteiger charge is 2.46. The molecule has 0 atom stereocenters. The van der Waals surface area contributed by atoms with Gasteiger partial charge in [-0.05, 0) is 36.5 Å². The number of hydrogen-bond donors (Lipinski definition) is 1. The molecule has 5 heterocycles. The molecule has 1 aliphatic carbocycles. The van der Waals surface area contributed by atoms with Gasteiger partial charge in [0, 0.05) is 38.7 Å². The molecule has 1 saturated heterocycles. The summed E-state index contributed by atoms with van der Waals surface area (Å²) in [4.78, 5) is 6.94. The average Bonchev–Trinajstić information content (AvgIpc) is 3.11. The largest absolute Gasteiger partial charge is 0.363 e. The Bertz CT molecular complexity index is 1300. The minimum absolute atomic E-state index is 0.300. The number of aromatic nitrogens is 7. The lowest BCUT2D eigenvalue weighted by atomic mass is 9.86. The molecule has 6 rings (SSSR count). The third kappa shape index (κ3) is 3.01. The first-order chi connectivity index (χ1) is 15.1. The van der Waals surface area contributed by atoms with Crippen molar-refractivity contribution < 1.29 is 0 Å². The van der Waals surface area contributed by atoms with E-state index in [0.717, 1.165) is 17.0 Å². The van der Waals surface area contributed by atoms with Crippen molar-refractivity contribution in [3.8, 4) is 6.07 Å². The Kier molecular flexibility index (Phi) is 3.80. The zero-order chi connectivity index (χ0) is 21.0. The molecule has 4 aromatic rings. The van der Waals surface area contributed by atoms with Crippen LogP contribution in [0.2, 0.25) is 0 Å². The molecule has 0 amide bonds. The first-order valence-corrected chi connectivity index (χ1v) is 10.4. The predicted molar refractivity (Wildman–Crippen MR) is 114 cm³/mol. The van der Waals surface area contributed by atoms with Gasteiger partial charge in [-0.2, -0.15) is 20.4 Å². The highest BCUT2D eigenvalue weighted by molar-refractivity contribution is 5.72. The fourth-order valence-electron chi connectivity index (χ4n) is 4.35. The molecule has 0 unspecified atom stereocenters. The van der Waals surface area contributed by atoms with Gasteiger partial charge in [-0.25, -0.2) is 4.52 Å². The van der Waals surface area contributed by atoms with E-state index in [4.69, 9.17) is 4.98 Å². The molecule has 0 spiro atoms. The predicted octanol–water partition coefficient (Wildman–Crippen LogP) is 2.41. The second-order valence-corrected chi connectivity index (χ2v) is 8.53. The maximum Gasteiger partial charge on any atom is 0.247 e. The van der Waals surface area contributed by atoms with Crippen LogP contribution in [0.25, 0.3) is 5.65 Å². The van der Waals surface area contributed by atoms with Gasteiger partial charge in [0.2, 0.25) is 5.95 Å². The topological polar surface area (TPSA) is 105 Å². The molecule has 31 heavy (non-hydrogen) atoms. The van der Waals surface area contributed by atoms with Crippen LogP contribution in [0.1, 0.15) is 30.7 Å². The Morgan fingerprint density at radius 3 is 2.84 bits per heavy atom. The summed E-state index contributed by atoms with van der Waals surface area (Å²) in [6, 6.07) is 6.38. The molecule has 4 aromatic heterocycles. The lowest BCUT2D eigenvalue weighted by molar-refractivity contribution is 0.198. The lowest BCUT2D eigenvalue weighted by Gasteiger charge is -2.50. The number of nitrogens with one attached hydrogen (secondary N) is 1. The molecular weight excluding hydrogens is 392 g/mol. The van der Waals surface area contributed by atoms with Crippen LogP contribution in [-0.4, -0.2) is 47.2 Å². The molecule has 1 saturated carbocycles. The summed E-state index contributed by atoms with van der Waals surface area (Å²) in [7, 11) is 1.87. The quantitative estimate of drug-likeness (QED) is 0.516. The van der Waals surface area contributed by atoms with Crippen molar-refractivity contribution >= 4 is 23.0 Å². The number of aryl methyl sites for hydroxylation is 1. The zero-order valence-corrected chi connectivity index (χ0v) is 17.2. The van der Waals surface area contributed by atoms with E-state index >= 15 is 0 Å². The van der Waals surface area contributed by atoms with Crippen molar-refractivity contribution in [3.63, 3.8) is 0 Å². The van der Waals surface area contributed by atoms with Crippen molar-refractivity contribution in [2.24, 2.45) is 7.05 Å². The van der Waals surface area contributed by atoms with Gasteiger partial charge in [0.1, 0.15) is 5.54 Å². The minimum Gasteiger partial charge on any atom is -0.363 e. The Labute approximate surface area is 178 Å². The van der Waals surface area contributed by atoms with Gasteiger partial charge >= 0.3 is 0 Å². The third-order valence-corrected chi connectivity index (χ3v) is 6.16. The summed E-state index contributed by atoms with van der Waals surface area (Å²) in [6.07, 6.45) is 12.5. The van der Waals surface area contributed by atoms with Gasteiger partial charge in [0.15, 0.2) is 5.65 Å². The fourth-order valence-corrected chi connectivity index (χ4v) is 4.35. The number of pyridine rings is 1. The van der Waals surface area contributed by atoms with Crippen LogP contribution in [0.15, 0.2) is 43.1 Å². The Morgan fingerprint density at radius 2 is 2.10 bits per heavy atom. The van der Waals surface area contributed by atoms with Crippen molar-refractivity contribution in [2.45, 2.75) is 30.7 Å². The number of anilines is 3. The Balaban J connectivity index is 1.27. The standard InChI is InChI=1S/C21H22N10/c1-28-12-17(10-23-28)25-20-26-19-18(3-2-8-30(19)27-20)29-13-21(14-29,6-7-22)31-11-16(9-24-31)15-4-5-15/h2-3,8-12,15H,4-6,13-14H2,1H3,(H,25,27). The number of nitrogens with zero attached hydrogens (tertiary/aromatic N) is 9. The van der Waals surface area contributed by atoms with Gasteiger partial charge < -0.3 is 10.2 Å². The molecule has 156 valence electrons. The first-order valence-electron chi connectivity index (χ1n) is 10.4. The molecular formula is C21H22N10. The Morgan fingerprint density at radius 1 is 1.23 bits per heavy atom. The number of fused-ring (bicyclic) bond motifs is 1. The monoisotopic (exact) mass is 414 g/mol. The van der Waals surface area contributed by atoms with Crippen molar-refractivity contribution in [1.29, 1.82) is 5.26 Å². The summed E-state index contributed by atoms with van der Waals surface area (Å²) in [5.74, 6) is 1.17. The number of hydrogen-bond acceptors (Lipinski definition) is 7. The molecule has 10 heteroatoms. The SMILES string of the molecule is Cn1cc(Nc2nc3c(N4CC(CC#N)(n5cc(C6CC6)cn5)C4)cccn3n2)cn1. The maximum absolute atomic E-state index is 9.48. The van der Waals surface area contributed by atoms with Crippen molar-refractivity contribution in [2.75, 3.05) is 23.3 Å². The molecule has 1 N–H and O–H groups in total. The molecule has 2 aliphatic rings. The van der Waals surface area contributed by atoms with Gasteiger partial charge in [0.25, 0.3) is 0 Å². The summed E-state index contributed by atoms with van der Waals surface area (Å²) in [6.45, 7) is 1.43. The fraction of sp³-hybridized carbons (Fsp3) is 0.381. The van der Waals surface area contributed by atoms with Crippen molar-refractivity contribution in [1.82, 2.24) is 34.2 Å². The van der Waals surface area contributed by atoms with Crippen LogP contribution in [0, 0.1) is 11.3 Å². The van der Waals surface area contributed by atoms with E-state index in [0.29, 0.717) is 31.4 Å². The Hall–Kier alpha value is -3.87. The summed E-state index contributed by atoms with van der Waals surface area (Å²) >= 11 is 0. The highest BCUT2D eigenvalue weighted by Crippen LogP contribution is 2.42. The zero-order valence-electron chi connectivity index (χ0n) is 17.2. The van der Waals surface area contributed by atoms with Gasteiger partial charge in [-0.3, -0.25) is 9.36 Å². The first kappa shape index (κ1) is 17.9. The number of rotatable bonds is 6. The summed E-state index contributed by atoms with van der Waals surface area (Å²) in [5, 5.41) is 26.0. The molecule has 10 nitrogen and oxygen atoms in total. The van der Waals surface area contributed by atoms with E-state index in [9.17, 15) is 5.26 Å². The van der Waals surface area contributed by atoms with Gasteiger partial charge in [-0.1, -0.05) is 0 Å². The van der Waals surface area contributed by atoms with Crippen LogP contribution in [0.5, 0.6) is 0 Å². The highest BCUT2D eigenvalue weighted by atomic mass is 15.4. The van der Waals surface area contributed by atoms with Crippen LogP contribution >= 0.6 is 0 Å². The van der Waals surface area contributed by atoms with E-state index in [1.807, 2.05) is 42.5 Å². The molecule has 0 aromatic carbocycles. The summed E-state index contributed by atoms with van der Waals surface area (Å²) in [5.41, 5.74) is 3.60. The lowest BCUT2D eigenvalue weighted by Crippen LogP contribution is -2.63. The second-order valence-electron chi connectivity index (χ2n) is 8.53. The van der Waals surface area contributed by atoms with E-state index < -0.39 is 0 Å². The molecule has 0 bridgehead atoms. The second kappa shape index (κ2) is 6.57. The van der Waals surface area contributed by atoms with Crippen LogP contribution in [-0.2, 0) is 12.6 Å². The van der Waals surface area contributed by atoms with Crippen molar-refractivity contribution in [3.05, 3.63) is 48.7 Å². The van der Waals surface area contributed by atoms with Crippen LogP contribution in [0.4, 0.5) is 17.3 Å². The molecule has 0 radical (unpaired) electrons. The van der Waals surface area contributed by atoms with Crippen LogP contribution < -0.4 is 10.2 Å². The third-order valence-electron chi connectivity index (χ3n) is 6.16. The number of nitriles is 1. The molecule has 2 fully saturated rings. The maximum atomic E-state index is 9.48. The smallest absolute Gasteiger partial charge is 0.247 e. The van der Waals surface area contributed by atoms with Crippen LogP contribution in [0.3, 0.4) is 0 Å². The molecule has 1 aliphatic heterocycles. The normalized spacial score (nSPS) is 17.5. The van der Waals surface area contributed by atoms with Gasteiger partial charge in [0.05, 0.1) is 36.3 Å². The summed E-state index contributed by atoms with van der Waals surface area (Å²) < 4.78 is 5.51.